The molecule has 0 bridgehead atoms. The van der Waals surface area contributed by atoms with Crippen molar-refractivity contribution in [2.75, 3.05) is 0 Å². The predicted octanol–water partition coefficient (Wildman–Crippen LogP) is 6.40. The largest absolute Gasteiger partial charge is 0.401 e. The standard InChI is InChI=1S/C14H14BrN5.C6H14.C2H6/c1-8(16)5-17-7-13-19-12-6-18-11-3-2-9(15)4-10(11)14(12)20-13;1-3-5-6-4-2;1-2/h2-6,17H,7,16H2,1H3,(H,19,20);3-6H2,1-2H3;1-2H3/b8-5-;;. The Labute approximate surface area is 177 Å². The zero-order chi connectivity index (χ0) is 20.9. The fourth-order valence-electron chi connectivity index (χ4n) is 2.57. The number of nitrogens with two attached hydrogens (primary N) is 1. The Hall–Kier alpha value is -2.08. The molecule has 5 nitrogen and oxygen atoms in total. The Morgan fingerprint density at radius 1 is 1.21 bits per heavy atom. The number of unbranched alkanes of at least 4 members (excludes halogenated alkanes) is 3. The van der Waals surface area contributed by atoms with Crippen molar-refractivity contribution in [3.8, 4) is 0 Å². The molecule has 0 aliphatic carbocycles. The average Bonchev–Trinajstić information content (AvgIpc) is 3.11. The quantitative estimate of drug-likeness (QED) is 0.382. The van der Waals surface area contributed by atoms with Crippen molar-refractivity contribution in [3.63, 3.8) is 0 Å². The normalized spacial score (nSPS) is 10.9. The van der Waals surface area contributed by atoms with E-state index in [1.165, 1.54) is 25.7 Å². The van der Waals surface area contributed by atoms with Gasteiger partial charge in [0, 0.05) is 21.8 Å². The van der Waals surface area contributed by atoms with E-state index in [-0.39, 0.29) is 0 Å². The maximum absolute atomic E-state index is 5.58. The summed E-state index contributed by atoms with van der Waals surface area (Å²) in [6.07, 6.45) is 9.11. The van der Waals surface area contributed by atoms with E-state index in [2.05, 4.69) is 50.0 Å². The molecule has 0 radical (unpaired) electrons. The van der Waals surface area contributed by atoms with Gasteiger partial charge in [0.2, 0.25) is 0 Å². The van der Waals surface area contributed by atoms with Crippen molar-refractivity contribution < 1.29 is 0 Å². The number of rotatable bonds is 6. The van der Waals surface area contributed by atoms with Gasteiger partial charge in [0.05, 0.1) is 29.3 Å². The highest BCUT2D eigenvalue weighted by Crippen LogP contribution is 2.24. The fraction of sp³-hybridized carbons (Fsp3) is 0.455. The summed E-state index contributed by atoms with van der Waals surface area (Å²) < 4.78 is 1.02. The highest BCUT2D eigenvalue weighted by Gasteiger charge is 2.07. The first kappa shape index (κ1) is 24.0. The van der Waals surface area contributed by atoms with E-state index in [4.69, 9.17) is 5.73 Å². The van der Waals surface area contributed by atoms with Gasteiger partial charge in [-0.25, -0.2) is 4.98 Å². The minimum Gasteiger partial charge on any atom is -0.401 e. The molecule has 0 spiro atoms. The van der Waals surface area contributed by atoms with Gasteiger partial charge in [0.15, 0.2) is 0 Å². The van der Waals surface area contributed by atoms with Gasteiger partial charge in [-0.05, 0) is 25.1 Å². The minimum absolute atomic E-state index is 0.596. The number of fused-ring (bicyclic) bond motifs is 3. The van der Waals surface area contributed by atoms with Gasteiger partial charge in [0.25, 0.3) is 0 Å². The summed E-state index contributed by atoms with van der Waals surface area (Å²) in [5.41, 5.74) is 9.11. The number of hydrogen-bond acceptors (Lipinski definition) is 4. The molecule has 4 N–H and O–H groups in total. The van der Waals surface area contributed by atoms with Gasteiger partial charge < -0.3 is 16.0 Å². The number of pyridine rings is 1. The molecule has 0 saturated carbocycles. The third-order valence-electron chi connectivity index (χ3n) is 3.88. The third-order valence-corrected chi connectivity index (χ3v) is 4.38. The smallest absolute Gasteiger partial charge is 0.126 e. The Kier molecular flexibility index (Phi) is 11.3. The van der Waals surface area contributed by atoms with Crippen LogP contribution >= 0.6 is 15.9 Å². The summed E-state index contributed by atoms with van der Waals surface area (Å²) in [5.74, 6) is 0.853. The number of nitrogens with one attached hydrogen (secondary N) is 2. The van der Waals surface area contributed by atoms with Crippen LogP contribution in [0, 0.1) is 0 Å². The number of aromatic amines is 1. The number of allylic oxidation sites excluding steroid dienone is 1. The molecule has 0 saturated heterocycles. The molecule has 0 amide bonds. The van der Waals surface area contributed by atoms with Gasteiger partial charge in [-0.3, -0.25) is 4.98 Å². The average molecular weight is 448 g/mol. The molecule has 0 unspecified atom stereocenters. The summed E-state index contributed by atoms with van der Waals surface area (Å²) >= 11 is 3.48. The van der Waals surface area contributed by atoms with Crippen molar-refractivity contribution in [3.05, 3.63) is 46.6 Å². The molecule has 2 aromatic heterocycles. The third kappa shape index (κ3) is 7.50. The molecule has 0 aliphatic heterocycles. The van der Waals surface area contributed by atoms with E-state index in [0.29, 0.717) is 6.54 Å². The number of aromatic nitrogens is 3. The summed E-state index contributed by atoms with van der Waals surface area (Å²) in [7, 11) is 0. The monoisotopic (exact) mass is 447 g/mol. The summed E-state index contributed by atoms with van der Waals surface area (Å²) in [5, 5.41) is 4.14. The SMILES string of the molecule is C/C(N)=C/NCc1nc2c(cnc3ccc(Br)cc32)[nH]1.CC.CCCCCC. The van der Waals surface area contributed by atoms with Gasteiger partial charge in [-0.15, -0.1) is 0 Å². The number of H-pyrrole nitrogens is 1. The molecular weight excluding hydrogens is 414 g/mol. The zero-order valence-electron chi connectivity index (χ0n) is 17.8. The van der Waals surface area contributed by atoms with Crippen LogP contribution in [-0.2, 0) is 6.54 Å². The highest BCUT2D eigenvalue weighted by atomic mass is 79.9. The van der Waals surface area contributed by atoms with Crippen LogP contribution in [0.4, 0.5) is 0 Å². The van der Waals surface area contributed by atoms with Crippen molar-refractivity contribution in [2.24, 2.45) is 5.73 Å². The van der Waals surface area contributed by atoms with Crippen molar-refractivity contribution in [1.29, 1.82) is 0 Å². The lowest BCUT2D eigenvalue weighted by atomic mass is 10.2. The van der Waals surface area contributed by atoms with Crippen LogP contribution in [0.2, 0.25) is 0 Å². The van der Waals surface area contributed by atoms with E-state index in [0.717, 1.165) is 37.9 Å². The topological polar surface area (TPSA) is 79.6 Å². The lowest BCUT2D eigenvalue weighted by Crippen LogP contribution is -2.09. The van der Waals surface area contributed by atoms with Gasteiger partial charge in [-0.2, -0.15) is 0 Å². The first-order valence-corrected chi connectivity index (χ1v) is 10.9. The lowest BCUT2D eigenvalue weighted by molar-refractivity contribution is 0.702. The van der Waals surface area contributed by atoms with Crippen molar-refractivity contribution in [1.82, 2.24) is 20.3 Å². The van der Waals surface area contributed by atoms with E-state index < -0.39 is 0 Å². The molecule has 0 aliphatic rings. The maximum Gasteiger partial charge on any atom is 0.126 e. The number of halogens is 1. The lowest BCUT2D eigenvalue weighted by Gasteiger charge is -1.98. The van der Waals surface area contributed by atoms with Crippen LogP contribution < -0.4 is 11.1 Å². The Bertz CT molecular complexity index is 862. The van der Waals surface area contributed by atoms with Gasteiger partial charge in [0.1, 0.15) is 5.82 Å². The Morgan fingerprint density at radius 3 is 2.50 bits per heavy atom. The van der Waals surface area contributed by atoms with Crippen LogP contribution in [0.25, 0.3) is 21.9 Å². The molecule has 6 heteroatoms. The fourth-order valence-corrected chi connectivity index (χ4v) is 2.93. The van der Waals surface area contributed by atoms with Crippen molar-refractivity contribution >= 4 is 37.9 Å². The molecule has 0 atom stereocenters. The van der Waals surface area contributed by atoms with Crippen LogP contribution in [0.3, 0.4) is 0 Å². The number of imidazole rings is 1. The van der Waals surface area contributed by atoms with Gasteiger partial charge >= 0.3 is 0 Å². The molecule has 154 valence electrons. The summed E-state index contributed by atoms with van der Waals surface area (Å²) in [4.78, 5) is 12.3. The minimum atomic E-state index is 0.596. The van der Waals surface area contributed by atoms with Crippen LogP contribution in [0.15, 0.2) is 40.8 Å². The number of benzene rings is 1. The van der Waals surface area contributed by atoms with Crippen LogP contribution in [0.1, 0.15) is 66.1 Å². The number of hydrogen-bond donors (Lipinski definition) is 3. The maximum atomic E-state index is 5.58. The summed E-state index contributed by atoms with van der Waals surface area (Å²) in [6.45, 7) is 10.9. The molecule has 28 heavy (non-hydrogen) atoms. The first-order valence-electron chi connectivity index (χ1n) is 10.1. The van der Waals surface area contributed by atoms with E-state index in [1.54, 1.807) is 6.20 Å². The molecule has 1 aromatic carbocycles. The highest BCUT2D eigenvalue weighted by molar-refractivity contribution is 9.10. The summed E-state index contributed by atoms with van der Waals surface area (Å²) in [6, 6.07) is 5.99. The second-order valence-corrected chi connectivity index (χ2v) is 7.26. The Balaban J connectivity index is 0.000000422. The molecule has 2 heterocycles. The predicted molar refractivity (Wildman–Crippen MR) is 125 cm³/mol. The molecule has 3 aromatic rings. The molecular formula is C22H34BrN5. The van der Waals surface area contributed by atoms with E-state index in [9.17, 15) is 0 Å². The number of nitrogens with zero attached hydrogens (tertiary/aromatic N) is 2. The molecule has 0 fully saturated rings. The zero-order valence-corrected chi connectivity index (χ0v) is 19.4. The van der Waals surface area contributed by atoms with Crippen molar-refractivity contribution in [2.45, 2.75) is 66.8 Å². The first-order chi connectivity index (χ1) is 13.5. The second-order valence-electron chi connectivity index (χ2n) is 6.34. The van der Waals surface area contributed by atoms with Gasteiger partial charge in [-0.1, -0.05) is 69.3 Å². The van der Waals surface area contributed by atoms with Crippen LogP contribution in [-0.4, -0.2) is 15.0 Å². The van der Waals surface area contributed by atoms with E-state index in [1.807, 2.05) is 45.2 Å². The second kappa shape index (κ2) is 13.2. The van der Waals surface area contributed by atoms with E-state index >= 15 is 0 Å². The molecule has 3 rings (SSSR count). The van der Waals surface area contributed by atoms with Crippen LogP contribution in [0.5, 0.6) is 0 Å². The Morgan fingerprint density at radius 2 is 1.89 bits per heavy atom.